The van der Waals surface area contributed by atoms with Crippen molar-refractivity contribution in [1.82, 2.24) is 0 Å². The van der Waals surface area contributed by atoms with E-state index in [2.05, 4.69) is 0 Å². The molecule has 0 aliphatic carbocycles. The van der Waals surface area contributed by atoms with Crippen molar-refractivity contribution in [2.45, 2.75) is 39.9 Å². The molecule has 4 rings (SSSR count). The Morgan fingerprint density at radius 3 is 2.34 bits per heavy atom. The number of ketones is 1. The summed E-state index contributed by atoms with van der Waals surface area (Å²) in [5.74, 6) is 0.572. The van der Waals surface area contributed by atoms with Crippen LogP contribution >= 0.6 is 11.6 Å². The third kappa shape index (κ3) is 5.33. The van der Waals surface area contributed by atoms with E-state index in [1.54, 1.807) is 36.4 Å². The minimum atomic E-state index is -1.34. The zero-order valence-electron chi connectivity index (χ0n) is 19.8. The number of aryl methyl sites for hydroxylation is 2. The SMILES string of the molecule is Cc1cc(COc2ccc3c(c2)O/C(=C\c2ccc(Cl)cc2)C3=O)cc(C)c1OC(C)(C)C(=O)O. The van der Waals surface area contributed by atoms with Crippen molar-refractivity contribution in [3.05, 3.63) is 93.2 Å². The minimum Gasteiger partial charge on any atom is -0.489 e. The van der Waals surface area contributed by atoms with E-state index in [0.717, 1.165) is 22.3 Å². The Bertz CT molecular complexity index is 1320. The molecule has 0 aromatic heterocycles. The second kappa shape index (κ2) is 9.47. The van der Waals surface area contributed by atoms with Crippen LogP contribution in [0.25, 0.3) is 6.08 Å². The molecule has 0 atom stereocenters. The molecule has 0 saturated carbocycles. The van der Waals surface area contributed by atoms with E-state index < -0.39 is 11.6 Å². The Hall–Kier alpha value is -3.77. The predicted molar refractivity (Wildman–Crippen MR) is 133 cm³/mol. The van der Waals surface area contributed by atoms with Gasteiger partial charge in [-0.2, -0.15) is 0 Å². The van der Waals surface area contributed by atoms with E-state index in [4.69, 9.17) is 25.8 Å². The molecule has 1 aliphatic rings. The molecule has 3 aromatic carbocycles. The number of hydrogen-bond donors (Lipinski definition) is 1. The third-order valence-electron chi connectivity index (χ3n) is 5.61. The Labute approximate surface area is 208 Å². The lowest BCUT2D eigenvalue weighted by atomic mass is 10.0. The van der Waals surface area contributed by atoms with Crippen LogP contribution in [0.1, 0.15) is 46.5 Å². The van der Waals surface area contributed by atoms with Gasteiger partial charge in [-0.05, 0) is 92.4 Å². The molecular formula is C28H25ClO6. The van der Waals surface area contributed by atoms with Gasteiger partial charge in [0.15, 0.2) is 11.4 Å². The van der Waals surface area contributed by atoms with Crippen molar-refractivity contribution in [2.75, 3.05) is 0 Å². The number of carbonyl (C=O) groups excluding carboxylic acids is 1. The normalized spacial score (nSPS) is 14.0. The first kappa shape index (κ1) is 24.4. The van der Waals surface area contributed by atoms with Crippen LogP contribution in [0.15, 0.2) is 60.4 Å². The molecule has 6 nitrogen and oxygen atoms in total. The van der Waals surface area contributed by atoms with Crippen LogP contribution in [0.5, 0.6) is 17.2 Å². The third-order valence-corrected chi connectivity index (χ3v) is 5.86. The summed E-state index contributed by atoms with van der Waals surface area (Å²) in [6, 6.07) is 16.1. The summed E-state index contributed by atoms with van der Waals surface area (Å²) in [6.07, 6.45) is 1.68. The van der Waals surface area contributed by atoms with Gasteiger partial charge in [0.05, 0.1) is 5.56 Å². The van der Waals surface area contributed by atoms with E-state index in [1.165, 1.54) is 13.8 Å². The molecule has 1 heterocycles. The molecule has 1 N–H and O–H groups in total. The number of Topliss-reactive ketones (excluding diaryl/α,β-unsaturated/α-hetero) is 1. The number of aliphatic carboxylic acids is 1. The zero-order chi connectivity index (χ0) is 25.3. The van der Waals surface area contributed by atoms with Crippen LogP contribution in [0.3, 0.4) is 0 Å². The van der Waals surface area contributed by atoms with Gasteiger partial charge in [-0.3, -0.25) is 4.79 Å². The predicted octanol–water partition coefficient (Wildman–Crippen LogP) is 6.39. The highest BCUT2D eigenvalue weighted by Crippen LogP contribution is 2.35. The maximum atomic E-state index is 12.7. The van der Waals surface area contributed by atoms with Crippen molar-refractivity contribution >= 4 is 29.4 Å². The highest BCUT2D eigenvalue weighted by molar-refractivity contribution is 6.30. The van der Waals surface area contributed by atoms with E-state index in [9.17, 15) is 14.7 Å². The summed E-state index contributed by atoms with van der Waals surface area (Å²) < 4.78 is 17.5. The number of fused-ring (bicyclic) bond motifs is 1. The van der Waals surface area contributed by atoms with Gasteiger partial charge in [-0.15, -0.1) is 0 Å². The average Bonchev–Trinajstić information content (AvgIpc) is 3.11. The van der Waals surface area contributed by atoms with Gasteiger partial charge in [-0.1, -0.05) is 23.7 Å². The topological polar surface area (TPSA) is 82.1 Å². The number of ether oxygens (including phenoxy) is 3. The van der Waals surface area contributed by atoms with Crippen molar-refractivity contribution in [3.63, 3.8) is 0 Å². The second-order valence-corrected chi connectivity index (χ2v) is 9.35. The quantitative estimate of drug-likeness (QED) is 0.384. The number of halogens is 1. The zero-order valence-corrected chi connectivity index (χ0v) is 20.6. The number of benzene rings is 3. The van der Waals surface area contributed by atoms with Crippen LogP contribution in [-0.4, -0.2) is 22.5 Å². The van der Waals surface area contributed by atoms with Crippen molar-refractivity contribution in [1.29, 1.82) is 0 Å². The molecule has 7 heteroatoms. The maximum absolute atomic E-state index is 12.7. The number of hydrogen-bond acceptors (Lipinski definition) is 5. The lowest BCUT2D eigenvalue weighted by molar-refractivity contribution is -0.152. The Morgan fingerprint density at radius 1 is 1.06 bits per heavy atom. The lowest BCUT2D eigenvalue weighted by Crippen LogP contribution is -2.38. The first-order chi connectivity index (χ1) is 16.5. The molecule has 0 fully saturated rings. The van der Waals surface area contributed by atoms with Crippen molar-refractivity contribution in [2.24, 2.45) is 0 Å². The van der Waals surface area contributed by atoms with Crippen molar-refractivity contribution < 1.29 is 28.9 Å². The van der Waals surface area contributed by atoms with Gasteiger partial charge < -0.3 is 19.3 Å². The van der Waals surface area contributed by atoms with Gasteiger partial charge >= 0.3 is 5.97 Å². The number of rotatable bonds is 7. The van der Waals surface area contributed by atoms with Crippen LogP contribution < -0.4 is 14.2 Å². The highest BCUT2D eigenvalue weighted by atomic mass is 35.5. The standard InChI is InChI=1S/C28H25ClO6/c1-16-11-19(12-17(2)26(16)35-28(3,4)27(31)32)15-33-21-9-10-22-23(14-21)34-24(25(22)30)13-18-5-7-20(29)8-6-18/h5-14H,15H2,1-4H3,(H,31,32)/b24-13-. The smallest absolute Gasteiger partial charge is 0.347 e. The molecule has 0 saturated heterocycles. The fourth-order valence-electron chi connectivity index (χ4n) is 3.72. The molecule has 0 amide bonds. The summed E-state index contributed by atoms with van der Waals surface area (Å²) in [5.41, 5.74) is 2.49. The van der Waals surface area contributed by atoms with Gasteiger partial charge in [0.25, 0.3) is 0 Å². The summed E-state index contributed by atoms with van der Waals surface area (Å²) in [7, 11) is 0. The summed E-state index contributed by atoms with van der Waals surface area (Å²) in [4.78, 5) is 24.1. The molecule has 3 aromatic rings. The Kier molecular flexibility index (Phi) is 6.59. The maximum Gasteiger partial charge on any atom is 0.347 e. The number of carboxylic acids is 1. The molecule has 1 aliphatic heterocycles. The number of allylic oxidation sites excluding steroid dienone is 1. The first-order valence-corrected chi connectivity index (χ1v) is 11.4. The van der Waals surface area contributed by atoms with Gasteiger partial charge in [0.2, 0.25) is 5.78 Å². The fraction of sp³-hybridized carbons (Fsp3) is 0.214. The molecule has 0 bridgehead atoms. The highest BCUT2D eigenvalue weighted by Gasteiger charge is 2.31. The van der Waals surface area contributed by atoms with Crippen LogP contribution in [0.2, 0.25) is 5.02 Å². The molecular weight excluding hydrogens is 468 g/mol. The van der Waals surface area contributed by atoms with Gasteiger partial charge in [0.1, 0.15) is 23.9 Å². The first-order valence-electron chi connectivity index (χ1n) is 11.0. The Morgan fingerprint density at radius 2 is 1.71 bits per heavy atom. The van der Waals surface area contributed by atoms with E-state index >= 15 is 0 Å². The fourth-order valence-corrected chi connectivity index (χ4v) is 3.84. The van der Waals surface area contributed by atoms with E-state index in [-0.39, 0.29) is 18.1 Å². The van der Waals surface area contributed by atoms with Crippen molar-refractivity contribution in [3.8, 4) is 17.2 Å². The Balaban J connectivity index is 1.47. The summed E-state index contributed by atoms with van der Waals surface area (Å²) in [5, 5.41) is 9.97. The lowest BCUT2D eigenvalue weighted by Gasteiger charge is -2.24. The number of carbonyl (C=O) groups is 2. The molecule has 0 spiro atoms. The number of carboxylic acid groups (broad SMARTS) is 1. The average molecular weight is 493 g/mol. The second-order valence-electron chi connectivity index (χ2n) is 8.91. The van der Waals surface area contributed by atoms with Crippen LogP contribution in [-0.2, 0) is 11.4 Å². The summed E-state index contributed by atoms with van der Waals surface area (Å²) >= 11 is 5.92. The van der Waals surface area contributed by atoms with Gasteiger partial charge in [-0.25, -0.2) is 4.79 Å². The van der Waals surface area contributed by atoms with Gasteiger partial charge in [0, 0.05) is 11.1 Å². The summed E-state index contributed by atoms with van der Waals surface area (Å²) in [6.45, 7) is 7.05. The largest absolute Gasteiger partial charge is 0.489 e. The van der Waals surface area contributed by atoms with Crippen LogP contribution in [0.4, 0.5) is 0 Å². The minimum absolute atomic E-state index is 0.187. The van der Waals surface area contributed by atoms with Crippen LogP contribution in [0, 0.1) is 13.8 Å². The molecule has 0 unspecified atom stereocenters. The molecule has 180 valence electrons. The van der Waals surface area contributed by atoms with E-state index in [1.807, 2.05) is 38.1 Å². The monoisotopic (exact) mass is 492 g/mol. The van der Waals surface area contributed by atoms with E-state index in [0.29, 0.717) is 27.8 Å². The molecule has 35 heavy (non-hydrogen) atoms. The molecule has 0 radical (unpaired) electrons.